The van der Waals surface area contributed by atoms with Crippen molar-refractivity contribution in [3.63, 3.8) is 0 Å². The number of aromatic hydroxyl groups is 1. The van der Waals surface area contributed by atoms with Gasteiger partial charge in [-0.2, -0.15) is 0 Å². The highest BCUT2D eigenvalue weighted by molar-refractivity contribution is 6.31. The smallest absolute Gasteiger partial charge is 0.165 e. The minimum Gasteiger partial charge on any atom is -0.505 e. The van der Waals surface area contributed by atoms with Gasteiger partial charge < -0.3 is 10.8 Å². The molecule has 0 amide bonds. The molecule has 84 valence electrons. The third-order valence-corrected chi connectivity index (χ3v) is 2.69. The van der Waals surface area contributed by atoms with E-state index in [9.17, 15) is 9.50 Å². The zero-order valence-electron chi connectivity index (χ0n) is 9.01. The van der Waals surface area contributed by atoms with Crippen molar-refractivity contribution in [3.05, 3.63) is 28.5 Å². The highest BCUT2D eigenvalue weighted by atomic mass is 35.5. The minimum atomic E-state index is -0.700. The van der Waals surface area contributed by atoms with Crippen molar-refractivity contribution in [1.82, 2.24) is 0 Å². The number of phenols is 1. The van der Waals surface area contributed by atoms with Gasteiger partial charge in [-0.05, 0) is 17.5 Å². The Morgan fingerprint density at radius 3 is 2.40 bits per heavy atom. The van der Waals surface area contributed by atoms with Gasteiger partial charge in [0.25, 0.3) is 0 Å². The van der Waals surface area contributed by atoms with Gasteiger partial charge in [-0.1, -0.05) is 32.4 Å². The third kappa shape index (κ3) is 2.41. The first-order chi connectivity index (χ1) is 6.75. The van der Waals surface area contributed by atoms with Crippen LogP contribution in [0.3, 0.4) is 0 Å². The van der Waals surface area contributed by atoms with Gasteiger partial charge >= 0.3 is 0 Å². The Morgan fingerprint density at radius 1 is 1.40 bits per heavy atom. The summed E-state index contributed by atoms with van der Waals surface area (Å²) in [6, 6.07) is 2.01. The van der Waals surface area contributed by atoms with Gasteiger partial charge in [0, 0.05) is 16.6 Å². The zero-order chi connectivity index (χ0) is 11.8. The van der Waals surface area contributed by atoms with Gasteiger partial charge in [0.2, 0.25) is 0 Å². The normalized spacial score (nSPS) is 14.0. The number of hydrogen-bond acceptors (Lipinski definition) is 2. The number of halogens is 2. The summed E-state index contributed by atoms with van der Waals surface area (Å²) in [6.45, 7) is 5.70. The van der Waals surface area contributed by atoms with Gasteiger partial charge in [-0.15, -0.1) is 0 Å². The van der Waals surface area contributed by atoms with Crippen molar-refractivity contribution in [2.24, 2.45) is 11.1 Å². The molecule has 1 aromatic rings. The second-order valence-electron chi connectivity index (χ2n) is 4.64. The van der Waals surface area contributed by atoms with Crippen molar-refractivity contribution >= 4 is 11.6 Å². The molecule has 0 aliphatic rings. The first kappa shape index (κ1) is 12.3. The van der Waals surface area contributed by atoms with E-state index in [0.29, 0.717) is 0 Å². The van der Waals surface area contributed by atoms with Gasteiger partial charge in [0.05, 0.1) is 0 Å². The van der Waals surface area contributed by atoms with Crippen molar-refractivity contribution in [1.29, 1.82) is 0 Å². The second kappa shape index (κ2) is 3.99. The molecule has 0 aliphatic carbocycles. The molecular formula is C11H15ClFNO. The van der Waals surface area contributed by atoms with Crippen LogP contribution in [0.25, 0.3) is 0 Å². The molecule has 0 unspecified atom stereocenters. The summed E-state index contributed by atoms with van der Waals surface area (Å²) in [5, 5.41) is 9.86. The molecule has 1 aromatic carbocycles. The maximum Gasteiger partial charge on any atom is 0.165 e. The van der Waals surface area contributed by atoms with Gasteiger partial charge in [0.15, 0.2) is 11.6 Å². The Hall–Kier alpha value is -0.800. The molecule has 0 radical (unpaired) electrons. The Kier molecular flexibility index (Phi) is 3.26. The molecule has 0 aliphatic heterocycles. The Morgan fingerprint density at radius 2 is 1.93 bits per heavy atom. The van der Waals surface area contributed by atoms with E-state index in [-0.39, 0.29) is 16.0 Å². The summed E-state index contributed by atoms with van der Waals surface area (Å²) in [4.78, 5) is 0. The maximum absolute atomic E-state index is 13.1. The topological polar surface area (TPSA) is 46.2 Å². The van der Waals surface area contributed by atoms with Crippen LogP contribution in [-0.4, -0.2) is 5.11 Å². The van der Waals surface area contributed by atoms with E-state index < -0.39 is 17.6 Å². The summed E-state index contributed by atoms with van der Waals surface area (Å²) in [5.74, 6) is -1.15. The fourth-order valence-electron chi connectivity index (χ4n) is 1.29. The number of nitrogens with two attached hydrogens (primary N) is 1. The van der Waals surface area contributed by atoms with Crippen LogP contribution in [-0.2, 0) is 0 Å². The minimum absolute atomic E-state index is 0.268. The number of hydrogen-bond donors (Lipinski definition) is 2. The van der Waals surface area contributed by atoms with Crippen LogP contribution in [0.15, 0.2) is 12.1 Å². The molecular weight excluding hydrogens is 217 g/mol. The standard InChI is InChI=1S/C11H15ClFNO/c1-11(2,3)10(14)8-6(12)4-5-7(13)9(8)15/h4-5,10,15H,14H2,1-3H3/t10-/m1/s1. The number of rotatable bonds is 1. The summed E-state index contributed by atoms with van der Waals surface area (Å²) in [7, 11) is 0. The predicted octanol–water partition coefficient (Wildman–Crippen LogP) is 3.23. The molecule has 15 heavy (non-hydrogen) atoms. The molecule has 0 aromatic heterocycles. The average Bonchev–Trinajstić information content (AvgIpc) is 2.10. The van der Waals surface area contributed by atoms with E-state index in [4.69, 9.17) is 17.3 Å². The first-order valence-electron chi connectivity index (χ1n) is 4.67. The highest BCUT2D eigenvalue weighted by Crippen LogP contribution is 2.40. The molecule has 4 heteroatoms. The quantitative estimate of drug-likeness (QED) is 0.780. The Bertz CT molecular complexity index is 374. The highest BCUT2D eigenvalue weighted by Gasteiger charge is 2.28. The predicted molar refractivity (Wildman–Crippen MR) is 59.5 cm³/mol. The fraction of sp³-hybridized carbons (Fsp3) is 0.455. The zero-order valence-corrected chi connectivity index (χ0v) is 9.77. The van der Waals surface area contributed by atoms with E-state index in [1.807, 2.05) is 20.8 Å². The summed E-state index contributed by atoms with van der Waals surface area (Å²) < 4.78 is 13.1. The lowest BCUT2D eigenvalue weighted by atomic mass is 9.82. The van der Waals surface area contributed by atoms with Crippen LogP contribution in [0.2, 0.25) is 5.02 Å². The van der Waals surface area contributed by atoms with Crippen LogP contribution < -0.4 is 5.73 Å². The Balaban J connectivity index is 3.31. The lowest BCUT2D eigenvalue weighted by Gasteiger charge is -2.28. The molecule has 1 atom stereocenters. The SMILES string of the molecule is CC(C)(C)[C@H](N)c1c(Cl)ccc(F)c1O. The largest absolute Gasteiger partial charge is 0.505 e. The summed E-state index contributed by atoms with van der Waals surface area (Å²) >= 11 is 5.90. The molecule has 0 fully saturated rings. The van der Waals surface area contributed by atoms with E-state index >= 15 is 0 Å². The van der Waals surface area contributed by atoms with Crippen molar-refractivity contribution in [3.8, 4) is 5.75 Å². The van der Waals surface area contributed by atoms with Crippen LogP contribution in [0, 0.1) is 11.2 Å². The Labute approximate surface area is 93.9 Å². The van der Waals surface area contributed by atoms with Gasteiger partial charge in [0.1, 0.15) is 0 Å². The van der Waals surface area contributed by atoms with Crippen molar-refractivity contribution < 1.29 is 9.50 Å². The van der Waals surface area contributed by atoms with Gasteiger partial charge in [-0.3, -0.25) is 0 Å². The van der Waals surface area contributed by atoms with E-state index in [1.165, 1.54) is 6.07 Å². The molecule has 3 N–H and O–H groups in total. The molecule has 1 rings (SSSR count). The van der Waals surface area contributed by atoms with Crippen molar-refractivity contribution in [2.75, 3.05) is 0 Å². The fourth-order valence-corrected chi connectivity index (χ4v) is 1.56. The molecule has 0 spiro atoms. The second-order valence-corrected chi connectivity index (χ2v) is 5.04. The lowest BCUT2D eigenvalue weighted by molar-refractivity contribution is 0.314. The molecule has 2 nitrogen and oxygen atoms in total. The lowest BCUT2D eigenvalue weighted by Crippen LogP contribution is -2.26. The molecule has 0 saturated carbocycles. The maximum atomic E-state index is 13.1. The van der Waals surface area contributed by atoms with E-state index in [0.717, 1.165) is 6.07 Å². The summed E-state index contributed by atoms with van der Waals surface area (Å²) in [6.07, 6.45) is 0. The average molecular weight is 232 g/mol. The van der Waals surface area contributed by atoms with Crippen molar-refractivity contribution in [2.45, 2.75) is 26.8 Å². The molecule has 0 heterocycles. The van der Waals surface area contributed by atoms with Crippen LogP contribution in [0.4, 0.5) is 4.39 Å². The number of phenolic OH excluding ortho intramolecular Hbond substituents is 1. The first-order valence-corrected chi connectivity index (χ1v) is 5.05. The van der Waals surface area contributed by atoms with E-state index in [2.05, 4.69) is 0 Å². The monoisotopic (exact) mass is 231 g/mol. The third-order valence-electron chi connectivity index (χ3n) is 2.36. The molecule has 0 bridgehead atoms. The van der Waals surface area contributed by atoms with Crippen LogP contribution >= 0.6 is 11.6 Å². The van der Waals surface area contributed by atoms with E-state index in [1.54, 1.807) is 0 Å². The summed E-state index contributed by atoms with van der Waals surface area (Å²) in [5.41, 5.74) is 5.90. The molecule has 0 saturated heterocycles. The van der Waals surface area contributed by atoms with Gasteiger partial charge in [-0.25, -0.2) is 4.39 Å². The number of benzene rings is 1. The van der Waals surface area contributed by atoms with Crippen LogP contribution in [0.5, 0.6) is 5.75 Å². The van der Waals surface area contributed by atoms with Crippen LogP contribution in [0.1, 0.15) is 32.4 Å².